The van der Waals surface area contributed by atoms with Crippen molar-refractivity contribution in [2.24, 2.45) is 0 Å². The Morgan fingerprint density at radius 3 is 2.56 bits per heavy atom. The van der Waals surface area contributed by atoms with E-state index < -0.39 is 5.60 Å². The van der Waals surface area contributed by atoms with Gasteiger partial charge in [0.1, 0.15) is 0 Å². The minimum absolute atomic E-state index is 0.627. The normalized spacial score (nSPS) is 18.1. The third kappa shape index (κ3) is 3.34. The van der Waals surface area contributed by atoms with Crippen LogP contribution in [0, 0.1) is 0 Å². The molecule has 100 valence electrons. The molecule has 0 aromatic carbocycles. The second-order valence-electron chi connectivity index (χ2n) is 5.51. The first-order chi connectivity index (χ1) is 8.46. The van der Waals surface area contributed by atoms with Crippen LogP contribution in [0.25, 0.3) is 0 Å². The molecule has 5 nitrogen and oxygen atoms in total. The molecule has 0 saturated carbocycles. The number of aromatic nitrogens is 1. The van der Waals surface area contributed by atoms with Crippen molar-refractivity contribution in [1.29, 1.82) is 0 Å². The van der Waals surface area contributed by atoms with Crippen molar-refractivity contribution >= 4 is 11.4 Å². The molecule has 1 aliphatic rings. The summed E-state index contributed by atoms with van der Waals surface area (Å²) in [6, 6.07) is 1.96. The van der Waals surface area contributed by atoms with Crippen molar-refractivity contribution < 1.29 is 5.11 Å². The monoisotopic (exact) mass is 250 g/mol. The standard InChI is InChI=1S/C13H22N4O/c1-13(2,18)10-16-5-7-17(8-6-16)12-3-4-15-9-11(12)14/h3-4,9,18H,5-8,10,14H2,1-2H3. The van der Waals surface area contributed by atoms with Crippen LogP contribution in [0.4, 0.5) is 11.4 Å². The number of pyridine rings is 1. The Labute approximate surface area is 108 Å². The van der Waals surface area contributed by atoms with E-state index in [-0.39, 0.29) is 0 Å². The maximum Gasteiger partial charge on any atom is 0.0738 e. The highest BCUT2D eigenvalue weighted by molar-refractivity contribution is 5.66. The fourth-order valence-corrected chi connectivity index (χ4v) is 2.38. The Bertz CT molecular complexity index is 394. The highest BCUT2D eigenvalue weighted by atomic mass is 16.3. The molecule has 0 unspecified atom stereocenters. The van der Waals surface area contributed by atoms with Gasteiger partial charge in [0.05, 0.1) is 23.2 Å². The van der Waals surface area contributed by atoms with Gasteiger partial charge >= 0.3 is 0 Å². The van der Waals surface area contributed by atoms with Crippen LogP contribution in [0.2, 0.25) is 0 Å². The van der Waals surface area contributed by atoms with Crippen molar-refractivity contribution in [3.05, 3.63) is 18.5 Å². The summed E-state index contributed by atoms with van der Waals surface area (Å²) in [6.45, 7) is 8.18. The van der Waals surface area contributed by atoms with E-state index in [0.717, 1.165) is 37.6 Å². The van der Waals surface area contributed by atoms with E-state index in [1.54, 1.807) is 12.4 Å². The van der Waals surface area contributed by atoms with Crippen molar-refractivity contribution in [3.8, 4) is 0 Å². The number of hydrogen-bond donors (Lipinski definition) is 2. The summed E-state index contributed by atoms with van der Waals surface area (Å²) in [5, 5.41) is 9.81. The first-order valence-corrected chi connectivity index (χ1v) is 6.35. The molecule has 1 saturated heterocycles. The van der Waals surface area contributed by atoms with E-state index in [9.17, 15) is 5.11 Å². The number of piperazine rings is 1. The van der Waals surface area contributed by atoms with Crippen LogP contribution in [0.3, 0.4) is 0 Å². The van der Waals surface area contributed by atoms with Gasteiger partial charge < -0.3 is 15.7 Å². The highest BCUT2D eigenvalue weighted by Crippen LogP contribution is 2.22. The first-order valence-electron chi connectivity index (χ1n) is 6.35. The van der Waals surface area contributed by atoms with Gasteiger partial charge in [-0.15, -0.1) is 0 Å². The molecule has 2 rings (SSSR count). The number of hydrogen-bond acceptors (Lipinski definition) is 5. The lowest BCUT2D eigenvalue weighted by atomic mass is 10.1. The van der Waals surface area contributed by atoms with Gasteiger partial charge in [0.2, 0.25) is 0 Å². The second-order valence-corrected chi connectivity index (χ2v) is 5.51. The van der Waals surface area contributed by atoms with E-state index in [4.69, 9.17) is 5.73 Å². The first kappa shape index (κ1) is 13.1. The van der Waals surface area contributed by atoms with Gasteiger partial charge in [-0.1, -0.05) is 0 Å². The van der Waals surface area contributed by atoms with Crippen molar-refractivity contribution in [3.63, 3.8) is 0 Å². The topological polar surface area (TPSA) is 65.6 Å². The maximum absolute atomic E-state index is 9.81. The number of nitrogens with zero attached hydrogens (tertiary/aromatic N) is 3. The zero-order chi connectivity index (χ0) is 13.2. The Balaban J connectivity index is 1.93. The smallest absolute Gasteiger partial charge is 0.0738 e. The number of nitrogen functional groups attached to an aromatic ring is 1. The van der Waals surface area contributed by atoms with Gasteiger partial charge in [-0.25, -0.2) is 0 Å². The molecule has 3 N–H and O–H groups in total. The molecule has 0 bridgehead atoms. The Hall–Kier alpha value is -1.33. The SMILES string of the molecule is CC(C)(O)CN1CCN(c2ccncc2N)CC1. The fraction of sp³-hybridized carbons (Fsp3) is 0.615. The summed E-state index contributed by atoms with van der Waals surface area (Å²) in [5.41, 5.74) is 7.10. The van der Waals surface area contributed by atoms with Crippen LogP contribution in [0.5, 0.6) is 0 Å². The van der Waals surface area contributed by atoms with Crippen LogP contribution >= 0.6 is 0 Å². The molecule has 0 radical (unpaired) electrons. The second kappa shape index (κ2) is 5.12. The maximum atomic E-state index is 9.81. The zero-order valence-corrected chi connectivity index (χ0v) is 11.1. The van der Waals surface area contributed by atoms with Crippen molar-refractivity contribution in [1.82, 2.24) is 9.88 Å². The summed E-state index contributed by atoms with van der Waals surface area (Å²) >= 11 is 0. The number of nitrogens with two attached hydrogens (primary N) is 1. The summed E-state index contributed by atoms with van der Waals surface area (Å²) in [7, 11) is 0. The van der Waals surface area contributed by atoms with E-state index in [2.05, 4.69) is 14.8 Å². The van der Waals surface area contributed by atoms with Crippen LogP contribution in [-0.4, -0.2) is 53.3 Å². The number of aliphatic hydroxyl groups is 1. The minimum atomic E-state index is -0.627. The lowest BCUT2D eigenvalue weighted by Gasteiger charge is -2.38. The number of rotatable bonds is 3. The van der Waals surface area contributed by atoms with Gasteiger partial charge in [0.15, 0.2) is 0 Å². The molecular weight excluding hydrogens is 228 g/mol. The van der Waals surface area contributed by atoms with Gasteiger partial charge in [-0.3, -0.25) is 9.88 Å². The molecule has 18 heavy (non-hydrogen) atoms. The summed E-state index contributed by atoms with van der Waals surface area (Å²) in [6.07, 6.45) is 3.47. The predicted octanol–water partition coefficient (Wildman–Crippen LogP) is 0.557. The van der Waals surface area contributed by atoms with Gasteiger partial charge in [0.25, 0.3) is 0 Å². The average Bonchev–Trinajstić information content (AvgIpc) is 2.29. The van der Waals surface area contributed by atoms with E-state index in [1.165, 1.54) is 0 Å². The lowest BCUT2D eigenvalue weighted by molar-refractivity contribution is 0.0345. The van der Waals surface area contributed by atoms with Gasteiger partial charge in [0, 0.05) is 38.9 Å². The summed E-state index contributed by atoms with van der Waals surface area (Å²) in [4.78, 5) is 8.57. The van der Waals surface area contributed by atoms with Crippen LogP contribution in [0.1, 0.15) is 13.8 Å². The molecule has 0 aliphatic carbocycles. The zero-order valence-electron chi connectivity index (χ0n) is 11.1. The third-order valence-corrected chi connectivity index (χ3v) is 3.15. The molecule has 5 heteroatoms. The third-order valence-electron chi connectivity index (χ3n) is 3.15. The Kier molecular flexibility index (Phi) is 3.73. The van der Waals surface area contributed by atoms with Crippen molar-refractivity contribution in [2.45, 2.75) is 19.4 Å². The van der Waals surface area contributed by atoms with E-state index in [1.807, 2.05) is 19.9 Å². The number of β-amino-alcohol motifs (C(OH)–C–C–N with tert-alkyl or cyclic N) is 1. The predicted molar refractivity (Wildman–Crippen MR) is 73.6 cm³/mol. The molecule has 1 aromatic rings. The Morgan fingerprint density at radius 2 is 2.00 bits per heavy atom. The molecule has 1 aromatic heterocycles. The van der Waals surface area contributed by atoms with E-state index in [0.29, 0.717) is 6.54 Å². The summed E-state index contributed by atoms with van der Waals surface area (Å²) < 4.78 is 0. The summed E-state index contributed by atoms with van der Waals surface area (Å²) in [5.74, 6) is 0. The lowest BCUT2D eigenvalue weighted by Crippen LogP contribution is -2.50. The highest BCUT2D eigenvalue weighted by Gasteiger charge is 2.23. The largest absolute Gasteiger partial charge is 0.396 e. The van der Waals surface area contributed by atoms with Gasteiger partial charge in [-0.05, 0) is 19.9 Å². The van der Waals surface area contributed by atoms with Crippen LogP contribution in [0.15, 0.2) is 18.5 Å². The van der Waals surface area contributed by atoms with Crippen molar-refractivity contribution in [2.75, 3.05) is 43.4 Å². The number of anilines is 2. The molecule has 0 amide bonds. The van der Waals surface area contributed by atoms with E-state index >= 15 is 0 Å². The molecule has 1 aliphatic heterocycles. The van der Waals surface area contributed by atoms with Gasteiger partial charge in [-0.2, -0.15) is 0 Å². The molecule has 0 atom stereocenters. The average molecular weight is 250 g/mol. The van der Waals surface area contributed by atoms with Crippen LogP contribution < -0.4 is 10.6 Å². The minimum Gasteiger partial charge on any atom is -0.396 e. The molecule has 2 heterocycles. The molecule has 0 spiro atoms. The molecule has 1 fully saturated rings. The Morgan fingerprint density at radius 1 is 1.33 bits per heavy atom. The quantitative estimate of drug-likeness (QED) is 0.820. The fourth-order valence-electron chi connectivity index (χ4n) is 2.38. The van der Waals surface area contributed by atoms with Crippen LogP contribution in [-0.2, 0) is 0 Å². The molecular formula is C13H22N4O.